The zero-order valence-electron chi connectivity index (χ0n) is 11.1. The number of fused-ring (bicyclic) bond motifs is 1. The number of rotatable bonds is 2. The summed E-state index contributed by atoms with van der Waals surface area (Å²) in [5, 5.41) is 3.46. The van der Waals surface area contributed by atoms with E-state index in [-0.39, 0.29) is 11.2 Å². The van der Waals surface area contributed by atoms with E-state index in [0.29, 0.717) is 21.7 Å². The first-order valence-corrected chi connectivity index (χ1v) is 7.51. The molecule has 0 aliphatic heterocycles. The van der Waals surface area contributed by atoms with Crippen LogP contribution in [0.2, 0.25) is 5.02 Å². The van der Waals surface area contributed by atoms with Crippen molar-refractivity contribution in [1.29, 1.82) is 0 Å². The van der Waals surface area contributed by atoms with E-state index < -0.39 is 5.91 Å². The summed E-state index contributed by atoms with van der Waals surface area (Å²) in [6, 6.07) is 13.0. The second-order valence-electron chi connectivity index (χ2n) is 4.55. The van der Waals surface area contributed by atoms with Crippen LogP contribution in [0.4, 0.5) is 5.69 Å². The van der Waals surface area contributed by atoms with Crippen LogP contribution in [0.3, 0.4) is 0 Å². The van der Waals surface area contributed by atoms with Crippen LogP contribution >= 0.6 is 27.5 Å². The van der Waals surface area contributed by atoms with Crippen LogP contribution in [0.25, 0.3) is 11.0 Å². The van der Waals surface area contributed by atoms with Gasteiger partial charge in [0.15, 0.2) is 11.2 Å². The minimum Gasteiger partial charge on any atom is -0.451 e. The third-order valence-corrected chi connectivity index (χ3v) is 3.96. The van der Waals surface area contributed by atoms with E-state index in [0.717, 1.165) is 10.5 Å². The molecule has 0 bridgehead atoms. The fourth-order valence-electron chi connectivity index (χ4n) is 1.99. The quantitative estimate of drug-likeness (QED) is 0.716. The fourth-order valence-corrected chi connectivity index (χ4v) is 2.54. The molecule has 1 heterocycles. The molecule has 0 fully saturated rings. The molecule has 4 nitrogen and oxygen atoms in total. The Morgan fingerprint density at radius 3 is 2.68 bits per heavy atom. The Morgan fingerprint density at radius 2 is 1.91 bits per heavy atom. The molecule has 0 radical (unpaired) electrons. The summed E-state index contributed by atoms with van der Waals surface area (Å²) in [6.45, 7) is 0. The van der Waals surface area contributed by atoms with Crippen LogP contribution < -0.4 is 10.7 Å². The lowest BCUT2D eigenvalue weighted by Gasteiger charge is -2.07. The second-order valence-corrected chi connectivity index (χ2v) is 5.84. The minimum atomic E-state index is -0.499. The maximum Gasteiger partial charge on any atom is 0.291 e. The lowest BCUT2D eigenvalue weighted by molar-refractivity contribution is 0.0997. The maximum absolute atomic E-state index is 12.2. The van der Waals surface area contributed by atoms with Crippen molar-refractivity contribution >= 4 is 50.1 Å². The highest BCUT2D eigenvalue weighted by atomic mass is 79.9. The fraction of sp³-hybridized carbons (Fsp3) is 0. The van der Waals surface area contributed by atoms with Gasteiger partial charge in [-0.25, -0.2) is 0 Å². The van der Waals surface area contributed by atoms with Crippen molar-refractivity contribution in [3.8, 4) is 0 Å². The molecule has 0 aliphatic carbocycles. The topological polar surface area (TPSA) is 59.3 Å². The third-order valence-electron chi connectivity index (χ3n) is 3.04. The molecule has 0 aliphatic rings. The smallest absolute Gasteiger partial charge is 0.291 e. The molecular formula is C16H9BrClNO3. The number of para-hydroxylation sites is 1. The Hall–Kier alpha value is -2.11. The minimum absolute atomic E-state index is 0.0597. The van der Waals surface area contributed by atoms with Crippen molar-refractivity contribution in [3.63, 3.8) is 0 Å². The normalized spacial score (nSPS) is 10.6. The van der Waals surface area contributed by atoms with Crippen molar-refractivity contribution in [2.24, 2.45) is 0 Å². The molecule has 0 spiro atoms. The molecular weight excluding hydrogens is 370 g/mol. The second kappa shape index (κ2) is 5.94. The zero-order valence-corrected chi connectivity index (χ0v) is 13.4. The molecule has 1 aromatic heterocycles. The Bertz CT molecular complexity index is 936. The zero-order chi connectivity index (χ0) is 15.7. The van der Waals surface area contributed by atoms with Crippen LogP contribution in [-0.4, -0.2) is 5.91 Å². The third kappa shape index (κ3) is 2.91. The number of hydrogen-bond acceptors (Lipinski definition) is 3. The van der Waals surface area contributed by atoms with Gasteiger partial charge in [0, 0.05) is 15.6 Å². The van der Waals surface area contributed by atoms with E-state index in [2.05, 4.69) is 21.2 Å². The standard InChI is InChI=1S/C16H9BrClNO3/c17-11-3-1-2-4-12(11)19-16(21)15-8-13(20)10-7-9(18)5-6-14(10)22-15/h1-8H,(H,19,21). The molecule has 110 valence electrons. The summed E-state index contributed by atoms with van der Waals surface area (Å²) >= 11 is 9.19. The number of amides is 1. The van der Waals surface area contributed by atoms with Gasteiger partial charge in [-0.2, -0.15) is 0 Å². The SMILES string of the molecule is O=C(Nc1ccccc1Br)c1cc(=O)c2cc(Cl)ccc2o1. The summed E-state index contributed by atoms with van der Waals surface area (Å²) in [5.41, 5.74) is 0.585. The Kier molecular flexibility index (Phi) is 4.00. The van der Waals surface area contributed by atoms with Gasteiger partial charge in [-0.05, 0) is 46.3 Å². The number of anilines is 1. The average Bonchev–Trinajstić information content (AvgIpc) is 2.50. The summed E-state index contributed by atoms with van der Waals surface area (Å²) in [5.74, 6) is -0.559. The maximum atomic E-state index is 12.2. The average molecular weight is 379 g/mol. The molecule has 1 N–H and O–H groups in total. The highest BCUT2D eigenvalue weighted by molar-refractivity contribution is 9.10. The van der Waals surface area contributed by atoms with Gasteiger partial charge in [0.05, 0.1) is 11.1 Å². The van der Waals surface area contributed by atoms with E-state index in [1.165, 1.54) is 6.07 Å². The van der Waals surface area contributed by atoms with Crippen molar-refractivity contribution in [2.75, 3.05) is 5.32 Å². The highest BCUT2D eigenvalue weighted by Crippen LogP contribution is 2.22. The van der Waals surface area contributed by atoms with Crippen LogP contribution in [-0.2, 0) is 0 Å². The summed E-state index contributed by atoms with van der Waals surface area (Å²) in [4.78, 5) is 24.3. The number of benzene rings is 2. The molecule has 3 rings (SSSR count). The van der Waals surface area contributed by atoms with Crippen molar-refractivity contribution in [1.82, 2.24) is 0 Å². The van der Waals surface area contributed by atoms with Crippen molar-refractivity contribution < 1.29 is 9.21 Å². The number of hydrogen-bond donors (Lipinski definition) is 1. The van der Waals surface area contributed by atoms with Crippen LogP contribution in [0.15, 0.2) is 62.2 Å². The van der Waals surface area contributed by atoms with E-state index in [1.807, 2.05) is 6.07 Å². The van der Waals surface area contributed by atoms with Crippen molar-refractivity contribution in [3.05, 3.63) is 74.0 Å². The summed E-state index contributed by atoms with van der Waals surface area (Å²) in [7, 11) is 0. The van der Waals surface area contributed by atoms with E-state index in [4.69, 9.17) is 16.0 Å². The molecule has 22 heavy (non-hydrogen) atoms. The summed E-state index contributed by atoms with van der Waals surface area (Å²) in [6.07, 6.45) is 0. The summed E-state index contributed by atoms with van der Waals surface area (Å²) < 4.78 is 6.22. The van der Waals surface area contributed by atoms with Crippen LogP contribution in [0, 0.1) is 0 Å². The number of carbonyl (C=O) groups is 1. The molecule has 0 saturated heterocycles. The van der Waals surface area contributed by atoms with Gasteiger partial charge >= 0.3 is 0 Å². The first-order chi connectivity index (χ1) is 10.5. The highest BCUT2D eigenvalue weighted by Gasteiger charge is 2.13. The van der Waals surface area contributed by atoms with Gasteiger partial charge in [0.1, 0.15) is 5.58 Å². The monoisotopic (exact) mass is 377 g/mol. The van der Waals surface area contributed by atoms with Crippen LogP contribution in [0.5, 0.6) is 0 Å². The molecule has 0 unspecified atom stereocenters. The largest absolute Gasteiger partial charge is 0.451 e. The first-order valence-electron chi connectivity index (χ1n) is 6.34. The van der Waals surface area contributed by atoms with Gasteiger partial charge in [0.2, 0.25) is 0 Å². The number of carbonyl (C=O) groups excluding carboxylic acids is 1. The molecule has 0 saturated carbocycles. The van der Waals surface area contributed by atoms with Gasteiger partial charge in [0.25, 0.3) is 5.91 Å². The Morgan fingerprint density at radius 1 is 1.14 bits per heavy atom. The van der Waals surface area contributed by atoms with E-state index >= 15 is 0 Å². The van der Waals surface area contributed by atoms with Crippen LogP contribution in [0.1, 0.15) is 10.6 Å². The van der Waals surface area contributed by atoms with Gasteiger partial charge in [-0.3, -0.25) is 9.59 Å². The lowest BCUT2D eigenvalue weighted by atomic mass is 10.2. The first kappa shape index (κ1) is 14.8. The Balaban J connectivity index is 2.00. The molecule has 0 atom stereocenters. The Labute approximate surface area is 138 Å². The van der Waals surface area contributed by atoms with E-state index in [9.17, 15) is 9.59 Å². The van der Waals surface area contributed by atoms with Gasteiger partial charge in [-0.1, -0.05) is 23.7 Å². The molecule has 3 aromatic rings. The van der Waals surface area contributed by atoms with Gasteiger partial charge in [-0.15, -0.1) is 0 Å². The number of halogens is 2. The molecule has 6 heteroatoms. The lowest BCUT2D eigenvalue weighted by Crippen LogP contribution is -2.15. The molecule has 2 aromatic carbocycles. The predicted octanol–water partition coefficient (Wildman–Crippen LogP) is 4.46. The van der Waals surface area contributed by atoms with Gasteiger partial charge < -0.3 is 9.73 Å². The van der Waals surface area contributed by atoms with Crippen molar-refractivity contribution in [2.45, 2.75) is 0 Å². The predicted molar refractivity (Wildman–Crippen MR) is 89.6 cm³/mol. The molecule has 1 amide bonds. The number of nitrogens with one attached hydrogen (secondary N) is 1. The van der Waals surface area contributed by atoms with E-state index in [1.54, 1.807) is 30.3 Å².